The zero-order valence-electron chi connectivity index (χ0n) is 14.0. The van der Waals surface area contributed by atoms with E-state index < -0.39 is 0 Å². The van der Waals surface area contributed by atoms with Gasteiger partial charge in [-0.15, -0.1) is 0 Å². The van der Waals surface area contributed by atoms with Crippen LogP contribution < -0.4 is 9.64 Å². The summed E-state index contributed by atoms with van der Waals surface area (Å²) >= 11 is 0. The molecule has 4 heteroatoms. The number of rotatable bonds is 6. The van der Waals surface area contributed by atoms with Crippen molar-refractivity contribution in [2.75, 3.05) is 32.9 Å². The maximum atomic E-state index is 13.2. The molecule has 1 heterocycles. The molecule has 1 unspecified atom stereocenters. The van der Waals surface area contributed by atoms with Gasteiger partial charge in [-0.05, 0) is 31.2 Å². The second-order valence-corrected chi connectivity index (χ2v) is 5.94. The Morgan fingerprint density at radius 3 is 2.38 bits per heavy atom. The summed E-state index contributed by atoms with van der Waals surface area (Å²) < 4.78 is 10.9. The summed E-state index contributed by atoms with van der Waals surface area (Å²) in [6.07, 6.45) is 0. The first-order valence-electron chi connectivity index (χ1n) is 8.54. The van der Waals surface area contributed by atoms with Gasteiger partial charge in [-0.25, -0.2) is 0 Å². The van der Waals surface area contributed by atoms with Gasteiger partial charge in [0.15, 0.2) is 6.04 Å². The first-order chi connectivity index (χ1) is 11.8. The van der Waals surface area contributed by atoms with Crippen LogP contribution in [0.5, 0.6) is 5.75 Å². The molecule has 0 aliphatic carbocycles. The van der Waals surface area contributed by atoms with E-state index in [0.29, 0.717) is 19.8 Å². The topological polar surface area (TPSA) is 40.0 Å². The number of hydrogen-bond donors (Lipinski definition) is 1. The lowest BCUT2D eigenvalue weighted by atomic mass is 9.95. The Bertz CT molecular complexity index is 648. The minimum Gasteiger partial charge on any atom is -0.494 e. The van der Waals surface area contributed by atoms with Crippen LogP contribution in [0.1, 0.15) is 28.9 Å². The van der Waals surface area contributed by atoms with E-state index in [1.807, 2.05) is 61.5 Å². The lowest BCUT2D eigenvalue weighted by molar-refractivity contribution is -0.928. The van der Waals surface area contributed by atoms with E-state index in [2.05, 4.69) is 0 Å². The Kier molecular flexibility index (Phi) is 5.62. The second-order valence-electron chi connectivity index (χ2n) is 5.94. The zero-order valence-corrected chi connectivity index (χ0v) is 14.0. The Morgan fingerprint density at radius 1 is 1.08 bits per heavy atom. The molecule has 1 aliphatic heterocycles. The summed E-state index contributed by atoms with van der Waals surface area (Å²) in [5, 5.41) is 0. The van der Waals surface area contributed by atoms with Crippen LogP contribution >= 0.6 is 0 Å². The summed E-state index contributed by atoms with van der Waals surface area (Å²) in [6, 6.07) is 17.3. The van der Waals surface area contributed by atoms with Crippen molar-refractivity contribution in [2.45, 2.75) is 13.0 Å². The molecule has 0 aromatic heterocycles. The molecule has 1 saturated heterocycles. The molecule has 0 saturated carbocycles. The maximum Gasteiger partial charge on any atom is 0.224 e. The molecule has 1 N–H and O–H groups in total. The molecule has 2 aromatic carbocycles. The van der Waals surface area contributed by atoms with Crippen molar-refractivity contribution in [1.82, 2.24) is 0 Å². The third-order valence-corrected chi connectivity index (χ3v) is 4.39. The molecule has 0 spiro atoms. The smallest absolute Gasteiger partial charge is 0.224 e. The minimum absolute atomic E-state index is 0.154. The van der Waals surface area contributed by atoms with E-state index in [0.717, 1.165) is 30.0 Å². The summed E-state index contributed by atoms with van der Waals surface area (Å²) in [6.45, 7) is 5.68. The van der Waals surface area contributed by atoms with Crippen LogP contribution in [0.2, 0.25) is 0 Å². The van der Waals surface area contributed by atoms with Crippen LogP contribution in [0.15, 0.2) is 54.6 Å². The largest absolute Gasteiger partial charge is 0.494 e. The molecule has 0 radical (unpaired) electrons. The number of benzene rings is 2. The van der Waals surface area contributed by atoms with E-state index in [1.165, 1.54) is 4.90 Å². The second kappa shape index (κ2) is 8.08. The van der Waals surface area contributed by atoms with Gasteiger partial charge in [0, 0.05) is 11.1 Å². The molecular weight excluding hydrogens is 302 g/mol. The molecule has 3 rings (SSSR count). The molecule has 0 amide bonds. The van der Waals surface area contributed by atoms with Crippen molar-refractivity contribution in [2.24, 2.45) is 0 Å². The Morgan fingerprint density at radius 2 is 1.75 bits per heavy atom. The molecule has 4 nitrogen and oxygen atoms in total. The monoisotopic (exact) mass is 326 g/mol. The zero-order chi connectivity index (χ0) is 16.8. The first kappa shape index (κ1) is 16.7. The average molecular weight is 326 g/mol. The van der Waals surface area contributed by atoms with Crippen LogP contribution in [0.4, 0.5) is 0 Å². The Labute approximate surface area is 143 Å². The summed E-state index contributed by atoms with van der Waals surface area (Å²) in [4.78, 5) is 14.5. The maximum absolute atomic E-state index is 13.2. The average Bonchev–Trinajstić information content (AvgIpc) is 2.64. The fourth-order valence-electron chi connectivity index (χ4n) is 3.19. The highest BCUT2D eigenvalue weighted by atomic mass is 16.5. The van der Waals surface area contributed by atoms with E-state index in [9.17, 15) is 4.79 Å². The van der Waals surface area contributed by atoms with Crippen molar-refractivity contribution >= 4 is 5.78 Å². The molecule has 126 valence electrons. The normalized spacial score (nSPS) is 16.5. The predicted octanol–water partition coefficient (Wildman–Crippen LogP) is 1.92. The van der Waals surface area contributed by atoms with Gasteiger partial charge in [-0.3, -0.25) is 4.79 Å². The van der Waals surface area contributed by atoms with Gasteiger partial charge in [0.25, 0.3) is 0 Å². The van der Waals surface area contributed by atoms with Gasteiger partial charge >= 0.3 is 0 Å². The fourth-order valence-corrected chi connectivity index (χ4v) is 3.19. The lowest BCUT2D eigenvalue weighted by Crippen LogP contribution is -3.15. The van der Waals surface area contributed by atoms with E-state index in [4.69, 9.17) is 9.47 Å². The van der Waals surface area contributed by atoms with Gasteiger partial charge in [-0.1, -0.05) is 30.3 Å². The highest BCUT2D eigenvalue weighted by molar-refractivity contribution is 5.99. The quantitative estimate of drug-likeness (QED) is 0.825. The number of ketones is 1. The number of morpholine rings is 1. The van der Waals surface area contributed by atoms with E-state index >= 15 is 0 Å². The lowest BCUT2D eigenvalue weighted by Gasteiger charge is -2.31. The summed E-state index contributed by atoms with van der Waals surface area (Å²) in [5.41, 5.74) is 1.79. The highest BCUT2D eigenvalue weighted by Gasteiger charge is 2.33. The number of carbonyl (C=O) groups excluding carboxylic acids is 1. The summed E-state index contributed by atoms with van der Waals surface area (Å²) in [7, 11) is 0. The predicted molar refractivity (Wildman–Crippen MR) is 92.6 cm³/mol. The Hall–Kier alpha value is -2.17. The van der Waals surface area contributed by atoms with Crippen LogP contribution in [0.25, 0.3) is 0 Å². The molecule has 24 heavy (non-hydrogen) atoms. The number of carbonyl (C=O) groups is 1. The van der Waals surface area contributed by atoms with Gasteiger partial charge in [0.1, 0.15) is 18.8 Å². The molecular formula is C20H24NO3+. The van der Waals surface area contributed by atoms with Crippen molar-refractivity contribution in [3.8, 4) is 5.75 Å². The third kappa shape index (κ3) is 3.83. The van der Waals surface area contributed by atoms with Crippen LogP contribution in [0.3, 0.4) is 0 Å². The fraction of sp³-hybridized carbons (Fsp3) is 0.350. The van der Waals surface area contributed by atoms with Gasteiger partial charge < -0.3 is 14.4 Å². The molecule has 1 aliphatic rings. The summed E-state index contributed by atoms with van der Waals surface area (Å²) in [5.74, 6) is 0.949. The number of hydrogen-bond acceptors (Lipinski definition) is 3. The SMILES string of the molecule is CCOc1ccc(C(=O)C(c2ccccc2)[NH+]2CCOCC2)cc1. The van der Waals surface area contributed by atoms with Crippen molar-refractivity contribution < 1.29 is 19.2 Å². The molecule has 2 aromatic rings. The Balaban J connectivity index is 1.87. The van der Waals surface area contributed by atoms with Crippen molar-refractivity contribution in [1.29, 1.82) is 0 Å². The van der Waals surface area contributed by atoms with Crippen LogP contribution in [-0.4, -0.2) is 38.7 Å². The van der Waals surface area contributed by atoms with Crippen molar-refractivity contribution in [3.05, 3.63) is 65.7 Å². The van der Waals surface area contributed by atoms with E-state index in [1.54, 1.807) is 0 Å². The number of Topliss-reactive ketones (excluding diaryl/α,β-unsaturated/α-hetero) is 1. The molecule has 0 bridgehead atoms. The van der Waals surface area contributed by atoms with Crippen LogP contribution in [0, 0.1) is 0 Å². The molecule has 1 fully saturated rings. The van der Waals surface area contributed by atoms with Crippen molar-refractivity contribution in [3.63, 3.8) is 0 Å². The highest BCUT2D eigenvalue weighted by Crippen LogP contribution is 2.19. The van der Waals surface area contributed by atoms with Crippen LogP contribution in [-0.2, 0) is 4.74 Å². The number of quaternary nitrogens is 1. The molecule has 1 atom stereocenters. The standard InChI is InChI=1S/C20H23NO3/c1-2-24-18-10-8-17(9-11-18)20(22)19(16-6-4-3-5-7-16)21-12-14-23-15-13-21/h3-11,19H,2,12-15H2,1H3/p+1. The first-order valence-corrected chi connectivity index (χ1v) is 8.54. The van der Waals surface area contributed by atoms with Gasteiger partial charge in [0.05, 0.1) is 19.8 Å². The van der Waals surface area contributed by atoms with E-state index in [-0.39, 0.29) is 11.8 Å². The number of ether oxygens (including phenoxy) is 2. The third-order valence-electron chi connectivity index (χ3n) is 4.39. The van der Waals surface area contributed by atoms with Gasteiger partial charge in [-0.2, -0.15) is 0 Å². The van der Waals surface area contributed by atoms with Gasteiger partial charge in [0.2, 0.25) is 5.78 Å². The minimum atomic E-state index is -0.187. The number of nitrogens with one attached hydrogen (secondary N) is 1.